The highest BCUT2D eigenvalue weighted by molar-refractivity contribution is 6.34. The Morgan fingerprint density at radius 3 is 2.44 bits per heavy atom. The standard InChI is InChI=1S/C24H21F3N2O5/c1-4-12-34-19-11-6-15(14-20(19)32-3)13-18-21(24(25,26)27)28-29(22(18)30)17-9-7-16(8-10-17)23(31)33-5-2/h4,6-11,13-14H,1,5,12H2,2-3H3. The molecule has 0 fully saturated rings. The van der Waals surface area contributed by atoms with Crippen molar-refractivity contribution in [2.75, 3.05) is 25.3 Å². The predicted molar refractivity (Wildman–Crippen MR) is 120 cm³/mol. The molecule has 0 radical (unpaired) electrons. The Labute approximate surface area is 193 Å². The van der Waals surface area contributed by atoms with E-state index < -0.39 is 29.3 Å². The van der Waals surface area contributed by atoms with Crippen LogP contribution in [0.15, 0.2) is 65.8 Å². The molecule has 0 saturated carbocycles. The van der Waals surface area contributed by atoms with Crippen molar-refractivity contribution in [3.63, 3.8) is 0 Å². The molecule has 178 valence electrons. The molecule has 1 aliphatic rings. The van der Waals surface area contributed by atoms with Gasteiger partial charge in [0.05, 0.1) is 30.5 Å². The summed E-state index contributed by atoms with van der Waals surface area (Å²) in [7, 11) is 1.39. The van der Waals surface area contributed by atoms with E-state index in [-0.39, 0.29) is 35.8 Å². The molecule has 0 aromatic heterocycles. The number of ether oxygens (including phenoxy) is 3. The normalized spacial score (nSPS) is 14.7. The molecule has 1 aliphatic heterocycles. The van der Waals surface area contributed by atoms with Crippen molar-refractivity contribution < 1.29 is 37.0 Å². The largest absolute Gasteiger partial charge is 0.493 e. The van der Waals surface area contributed by atoms with Gasteiger partial charge in [0.15, 0.2) is 17.2 Å². The van der Waals surface area contributed by atoms with Crippen LogP contribution in [-0.2, 0) is 9.53 Å². The third-order valence-corrected chi connectivity index (χ3v) is 4.62. The first kappa shape index (κ1) is 24.6. The molecule has 0 aliphatic carbocycles. The van der Waals surface area contributed by atoms with Gasteiger partial charge >= 0.3 is 12.1 Å². The first-order valence-electron chi connectivity index (χ1n) is 10.1. The number of halogens is 3. The molecule has 1 amide bonds. The van der Waals surface area contributed by atoms with Crippen molar-refractivity contribution in [2.24, 2.45) is 5.10 Å². The van der Waals surface area contributed by atoms with Crippen LogP contribution in [-0.4, -0.2) is 44.1 Å². The van der Waals surface area contributed by atoms with E-state index in [9.17, 15) is 22.8 Å². The predicted octanol–water partition coefficient (Wildman–Crippen LogP) is 4.79. The van der Waals surface area contributed by atoms with Gasteiger partial charge < -0.3 is 14.2 Å². The minimum atomic E-state index is -4.88. The quantitative estimate of drug-likeness (QED) is 0.313. The van der Waals surface area contributed by atoms with Crippen LogP contribution >= 0.6 is 0 Å². The second-order valence-corrected chi connectivity index (χ2v) is 6.90. The lowest BCUT2D eigenvalue weighted by molar-refractivity contribution is -0.114. The summed E-state index contributed by atoms with van der Waals surface area (Å²) in [4.78, 5) is 24.7. The number of carbonyl (C=O) groups excluding carboxylic acids is 2. The highest BCUT2D eigenvalue weighted by Crippen LogP contribution is 2.34. The zero-order valence-electron chi connectivity index (χ0n) is 18.4. The number of nitrogens with zero attached hydrogens (tertiary/aromatic N) is 2. The average molecular weight is 474 g/mol. The molecule has 7 nitrogen and oxygen atoms in total. The van der Waals surface area contributed by atoms with E-state index in [1.807, 2.05) is 0 Å². The highest BCUT2D eigenvalue weighted by Gasteiger charge is 2.46. The molecule has 0 bridgehead atoms. The van der Waals surface area contributed by atoms with Crippen LogP contribution < -0.4 is 14.5 Å². The van der Waals surface area contributed by atoms with Crippen molar-refractivity contribution in [2.45, 2.75) is 13.1 Å². The topological polar surface area (TPSA) is 77.4 Å². The number of methoxy groups -OCH3 is 1. The fraction of sp³-hybridized carbons (Fsp3) is 0.208. The van der Waals surface area contributed by atoms with Crippen LogP contribution in [0.1, 0.15) is 22.8 Å². The molecule has 0 saturated heterocycles. The van der Waals surface area contributed by atoms with Crippen molar-refractivity contribution in [3.05, 3.63) is 71.8 Å². The van der Waals surface area contributed by atoms with Gasteiger partial charge in [-0.3, -0.25) is 4.79 Å². The molecule has 10 heteroatoms. The molecule has 2 aromatic rings. The van der Waals surface area contributed by atoms with Gasteiger partial charge in [0.2, 0.25) is 0 Å². The van der Waals surface area contributed by atoms with Gasteiger partial charge in [0, 0.05) is 0 Å². The van der Waals surface area contributed by atoms with E-state index in [2.05, 4.69) is 11.7 Å². The fourth-order valence-corrected chi connectivity index (χ4v) is 3.09. The summed E-state index contributed by atoms with van der Waals surface area (Å²) in [5.41, 5.74) is -1.43. The molecule has 0 unspecified atom stereocenters. The maximum atomic E-state index is 13.7. The van der Waals surface area contributed by atoms with Crippen molar-refractivity contribution in [3.8, 4) is 11.5 Å². The highest BCUT2D eigenvalue weighted by atomic mass is 19.4. The number of carbonyl (C=O) groups is 2. The van der Waals surface area contributed by atoms with Gasteiger partial charge in [0.25, 0.3) is 5.91 Å². The zero-order chi connectivity index (χ0) is 24.9. The Bertz CT molecular complexity index is 1150. The summed E-state index contributed by atoms with van der Waals surface area (Å²) in [6, 6.07) is 9.79. The summed E-state index contributed by atoms with van der Waals surface area (Å²) in [6.07, 6.45) is -2.26. The van der Waals surface area contributed by atoms with E-state index in [1.165, 1.54) is 55.7 Å². The molecule has 34 heavy (non-hydrogen) atoms. The Morgan fingerprint density at radius 2 is 1.85 bits per heavy atom. The van der Waals surface area contributed by atoms with Gasteiger partial charge in [-0.2, -0.15) is 23.3 Å². The number of rotatable bonds is 8. The fourth-order valence-electron chi connectivity index (χ4n) is 3.09. The van der Waals surface area contributed by atoms with Gasteiger partial charge in [-0.25, -0.2) is 4.79 Å². The first-order valence-corrected chi connectivity index (χ1v) is 10.1. The number of hydrogen-bond donors (Lipinski definition) is 0. The molecule has 0 atom stereocenters. The van der Waals surface area contributed by atoms with Crippen molar-refractivity contribution in [1.82, 2.24) is 0 Å². The average Bonchev–Trinajstić information content (AvgIpc) is 3.14. The summed E-state index contributed by atoms with van der Waals surface area (Å²) >= 11 is 0. The lowest BCUT2D eigenvalue weighted by atomic mass is 10.1. The minimum Gasteiger partial charge on any atom is -0.493 e. The van der Waals surface area contributed by atoms with Crippen LogP contribution in [0.3, 0.4) is 0 Å². The van der Waals surface area contributed by atoms with Crippen LogP contribution in [0, 0.1) is 0 Å². The van der Waals surface area contributed by atoms with Crippen LogP contribution in [0.2, 0.25) is 0 Å². The summed E-state index contributed by atoms with van der Waals surface area (Å²) in [6.45, 7) is 5.58. The Hall–Kier alpha value is -4.08. The Morgan fingerprint density at radius 1 is 1.15 bits per heavy atom. The molecule has 0 N–H and O–H groups in total. The van der Waals surface area contributed by atoms with Crippen LogP contribution in [0.25, 0.3) is 6.08 Å². The molecule has 3 rings (SSSR count). The van der Waals surface area contributed by atoms with Gasteiger partial charge in [0.1, 0.15) is 6.61 Å². The number of anilines is 1. The van der Waals surface area contributed by atoms with Crippen LogP contribution in [0.5, 0.6) is 11.5 Å². The van der Waals surface area contributed by atoms with E-state index in [0.29, 0.717) is 10.8 Å². The number of esters is 1. The number of hydrazone groups is 1. The lowest BCUT2D eigenvalue weighted by Crippen LogP contribution is -2.25. The summed E-state index contributed by atoms with van der Waals surface area (Å²) in [5, 5.41) is 4.16. The van der Waals surface area contributed by atoms with Gasteiger partial charge in [-0.05, 0) is 55.0 Å². The Balaban J connectivity index is 1.97. The SMILES string of the molecule is C=CCOc1ccc(C=C2C(=O)N(c3ccc(C(=O)OCC)cc3)N=C2C(F)(F)F)cc1OC. The number of alkyl halides is 3. The molecule has 2 aromatic carbocycles. The van der Waals surface area contributed by atoms with E-state index in [1.54, 1.807) is 6.92 Å². The number of benzene rings is 2. The zero-order valence-corrected chi connectivity index (χ0v) is 18.4. The smallest absolute Gasteiger partial charge is 0.435 e. The number of hydrogen-bond acceptors (Lipinski definition) is 6. The summed E-state index contributed by atoms with van der Waals surface area (Å²) < 4.78 is 56.7. The summed E-state index contributed by atoms with van der Waals surface area (Å²) in [5.74, 6) is -0.910. The monoisotopic (exact) mass is 474 g/mol. The molecular formula is C24H21F3N2O5. The van der Waals surface area contributed by atoms with Gasteiger partial charge in [-0.15, -0.1) is 0 Å². The Kier molecular flexibility index (Phi) is 7.40. The third kappa shape index (κ3) is 5.28. The van der Waals surface area contributed by atoms with Crippen LogP contribution in [0.4, 0.5) is 18.9 Å². The van der Waals surface area contributed by atoms with Crippen molar-refractivity contribution >= 4 is 29.4 Å². The molecule has 1 heterocycles. The minimum absolute atomic E-state index is 0.0638. The van der Waals surface area contributed by atoms with E-state index in [4.69, 9.17) is 14.2 Å². The maximum absolute atomic E-state index is 13.7. The third-order valence-electron chi connectivity index (χ3n) is 4.62. The lowest BCUT2D eigenvalue weighted by Gasteiger charge is -2.12. The molecule has 0 spiro atoms. The maximum Gasteiger partial charge on any atom is 0.435 e. The van der Waals surface area contributed by atoms with Gasteiger partial charge in [-0.1, -0.05) is 18.7 Å². The second-order valence-electron chi connectivity index (χ2n) is 6.90. The first-order chi connectivity index (χ1) is 16.2. The second kappa shape index (κ2) is 10.2. The molecular weight excluding hydrogens is 453 g/mol. The van der Waals surface area contributed by atoms with E-state index in [0.717, 1.165) is 6.08 Å². The van der Waals surface area contributed by atoms with E-state index >= 15 is 0 Å². The number of amides is 1. The van der Waals surface area contributed by atoms with Crippen molar-refractivity contribution in [1.29, 1.82) is 0 Å².